The van der Waals surface area contributed by atoms with Crippen LogP contribution in [0.15, 0.2) is 42.5 Å². The largest absolute Gasteiger partial charge is 0.489 e. The molecule has 2 aromatic rings. The number of nitrogens with one attached hydrogen (secondary N) is 1. The van der Waals surface area contributed by atoms with Gasteiger partial charge in [-0.1, -0.05) is 48.3 Å². The van der Waals surface area contributed by atoms with E-state index in [0.29, 0.717) is 16.7 Å². The van der Waals surface area contributed by atoms with Crippen molar-refractivity contribution in [2.75, 3.05) is 19.6 Å². The third kappa shape index (κ3) is 5.61. The first-order chi connectivity index (χ1) is 13.0. The van der Waals surface area contributed by atoms with E-state index in [1.807, 2.05) is 24.3 Å². The normalized spacial score (nSPS) is 14.6. The third-order valence-corrected chi connectivity index (χ3v) is 5.34. The van der Waals surface area contributed by atoms with Crippen molar-refractivity contribution < 1.29 is 9.53 Å². The second-order valence-electron chi connectivity index (χ2n) is 6.86. The lowest BCUT2D eigenvalue weighted by atomic mass is 9.98. The highest BCUT2D eigenvalue weighted by Crippen LogP contribution is 2.24. The van der Waals surface area contributed by atoms with Crippen LogP contribution in [0.2, 0.25) is 10.0 Å². The number of benzene rings is 2. The van der Waals surface area contributed by atoms with Crippen molar-refractivity contribution in [3.8, 4) is 5.75 Å². The second kappa shape index (κ2) is 9.45. The highest BCUT2D eigenvalue weighted by atomic mass is 35.5. The van der Waals surface area contributed by atoms with Crippen LogP contribution in [-0.4, -0.2) is 30.4 Å². The van der Waals surface area contributed by atoms with E-state index in [-0.39, 0.29) is 11.8 Å². The molecule has 0 bridgehead atoms. The Balaban J connectivity index is 1.43. The van der Waals surface area contributed by atoms with Crippen LogP contribution in [0.3, 0.4) is 0 Å². The van der Waals surface area contributed by atoms with E-state index in [1.165, 1.54) is 5.56 Å². The van der Waals surface area contributed by atoms with Gasteiger partial charge in [-0.05, 0) is 41.8 Å². The fraction of sp³-hybridized carbons (Fsp3) is 0.381. The van der Waals surface area contributed by atoms with Crippen LogP contribution < -0.4 is 10.1 Å². The number of rotatable bonds is 8. The molecule has 27 heavy (non-hydrogen) atoms. The summed E-state index contributed by atoms with van der Waals surface area (Å²) < 4.78 is 5.80. The predicted octanol–water partition coefficient (Wildman–Crippen LogP) is 4.53. The summed E-state index contributed by atoms with van der Waals surface area (Å²) in [4.78, 5) is 14.2. The molecule has 1 fully saturated rings. The van der Waals surface area contributed by atoms with Crippen molar-refractivity contribution in [2.45, 2.75) is 26.5 Å². The van der Waals surface area contributed by atoms with Gasteiger partial charge in [0.25, 0.3) is 0 Å². The number of carbonyl (C=O) groups is 1. The molecule has 0 radical (unpaired) electrons. The lowest BCUT2D eigenvalue weighted by Crippen LogP contribution is -2.53. The highest BCUT2D eigenvalue weighted by Gasteiger charge is 2.31. The Morgan fingerprint density at radius 2 is 1.81 bits per heavy atom. The van der Waals surface area contributed by atoms with E-state index >= 15 is 0 Å². The molecule has 1 aliphatic heterocycles. The minimum atomic E-state index is 0.130. The second-order valence-corrected chi connectivity index (χ2v) is 7.68. The minimum absolute atomic E-state index is 0.130. The Morgan fingerprint density at radius 3 is 2.48 bits per heavy atom. The lowest BCUT2D eigenvalue weighted by Gasteiger charge is -2.38. The van der Waals surface area contributed by atoms with Gasteiger partial charge in [0.2, 0.25) is 5.91 Å². The zero-order valence-electron chi connectivity index (χ0n) is 15.4. The molecule has 1 N–H and O–H groups in total. The molecular weight excluding hydrogens is 383 g/mol. The smallest absolute Gasteiger partial charge is 0.225 e. The van der Waals surface area contributed by atoms with Crippen LogP contribution in [0.5, 0.6) is 5.75 Å². The topological polar surface area (TPSA) is 41.6 Å². The van der Waals surface area contributed by atoms with Crippen molar-refractivity contribution in [2.24, 2.45) is 5.92 Å². The number of halogens is 2. The van der Waals surface area contributed by atoms with Crippen LogP contribution in [0, 0.1) is 5.92 Å². The zero-order valence-corrected chi connectivity index (χ0v) is 16.9. The van der Waals surface area contributed by atoms with Gasteiger partial charge >= 0.3 is 0 Å². The Labute approximate surface area is 170 Å². The van der Waals surface area contributed by atoms with Crippen LogP contribution >= 0.6 is 23.2 Å². The number of likely N-dealkylation sites (tertiary alicyclic amines) is 1. The molecule has 1 heterocycles. The van der Waals surface area contributed by atoms with Gasteiger partial charge in [-0.2, -0.15) is 0 Å². The van der Waals surface area contributed by atoms with Crippen molar-refractivity contribution in [3.63, 3.8) is 0 Å². The quantitative estimate of drug-likeness (QED) is 0.699. The van der Waals surface area contributed by atoms with Gasteiger partial charge in [0.1, 0.15) is 12.4 Å². The van der Waals surface area contributed by atoms with Crippen LogP contribution in [0.4, 0.5) is 0 Å². The average molecular weight is 407 g/mol. The Hall–Kier alpha value is -1.75. The number of hydrogen-bond donors (Lipinski definition) is 1. The van der Waals surface area contributed by atoms with Crippen molar-refractivity contribution >= 4 is 29.1 Å². The molecule has 1 saturated heterocycles. The average Bonchev–Trinajstić information content (AvgIpc) is 2.64. The van der Waals surface area contributed by atoms with Gasteiger partial charge in [-0.3, -0.25) is 9.69 Å². The van der Waals surface area contributed by atoms with Gasteiger partial charge in [0.15, 0.2) is 0 Å². The standard InChI is InChI=1S/C21H24Cl2N2O2/c1-2-9-24-21(26)17-12-25(13-17)11-15-3-6-18(7-4-15)27-14-16-5-8-19(22)20(23)10-16/h3-8,10,17H,2,9,11-14H2,1H3,(H,24,26). The monoisotopic (exact) mass is 406 g/mol. The van der Waals surface area contributed by atoms with E-state index in [1.54, 1.807) is 6.07 Å². The zero-order chi connectivity index (χ0) is 19.2. The maximum Gasteiger partial charge on any atom is 0.225 e. The molecule has 0 unspecified atom stereocenters. The maximum absolute atomic E-state index is 11.9. The van der Waals surface area contributed by atoms with Crippen molar-refractivity contribution in [3.05, 3.63) is 63.6 Å². The summed E-state index contributed by atoms with van der Waals surface area (Å²) in [5.74, 6) is 1.12. The minimum Gasteiger partial charge on any atom is -0.489 e. The van der Waals surface area contributed by atoms with E-state index in [9.17, 15) is 4.79 Å². The van der Waals surface area contributed by atoms with Gasteiger partial charge in [-0.15, -0.1) is 0 Å². The van der Waals surface area contributed by atoms with Crippen LogP contribution in [0.25, 0.3) is 0 Å². The van der Waals surface area contributed by atoms with Gasteiger partial charge < -0.3 is 10.1 Å². The first kappa shape index (κ1) is 20.0. The van der Waals surface area contributed by atoms with E-state index in [4.69, 9.17) is 27.9 Å². The lowest BCUT2D eigenvalue weighted by molar-refractivity contribution is -0.130. The van der Waals surface area contributed by atoms with Crippen LogP contribution in [-0.2, 0) is 17.9 Å². The summed E-state index contributed by atoms with van der Waals surface area (Å²) in [6.45, 7) is 5.77. The summed E-state index contributed by atoms with van der Waals surface area (Å²) >= 11 is 11.9. The number of nitrogens with zero attached hydrogens (tertiary/aromatic N) is 1. The highest BCUT2D eigenvalue weighted by molar-refractivity contribution is 6.42. The molecule has 2 aromatic carbocycles. The van der Waals surface area contributed by atoms with Crippen LogP contribution in [0.1, 0.15) is 24.5 Å². The summed E-state index contributed by atoms with van der Waals surface area (Å²) in [7, 11) is 0. The SMILES string of the molecule is CCCNC(=O)C1CN(Cc2ccc(OCc3ccc(Cl)c(Cl)c3)cc2)C1. The van der Waals surface area contributed by atoms with E-state index in [0.717, 1.165) is 43.9 Å². The Morgan fingerprint density at radius 1 is 1.11 bits per heavy atom. The number of ether oxygens (including phenoxy) is 1. The summed E-state index contributed by atoms with van der Waals surface area (Å²) in [6, 6.07) is 13.6. The number of carbonyl (C=O) groups excluding carboxylic acids is 1. The summed E-state index contributed by atoms with van der Waals surface area (Å²) in [5, 5.41) is 4.04. The molecule has 6 heteroatoms. The van der Waals surface area contributed by atoms with Gasteiger partial charge in [-0.25, -0.2) is 0 Å². The van der Waals surface area contributed by atoms with Crippen molar-refractivity contribution in [1.29, 1.82) is 0 Å². The third-order valence-electron chi connectivity index (χ3n) is 4.60. The molecule has 3 rings (SSSR count). The predicted molar refractivity (Wildman–Crippen MR) is 109 cm³/mol. The van der Waals surface area contributed by atoms with Gasteiger partial charge in [0, 0.05) is 26.2 Å². The molecule has 0 saturated carbocycles. The molecule has 4 nitrogen and oxygen atoms in total. The summed E-state index contributed by atoms with van der Waals surface area (Å²) in [5.41, 5.74) is 2.19. The molecule has 1 amide bonds. The first-order valence-electron chi connectivity index (χ1n) is 9.21. The molecular formula is C21H24Cl2N2O2. The molecule has 0 aliphatic carbocycles. The molecule has 144 valence electrons. The fourth-order valence-corrected chi connectivity index (χ4v) is 3.32. The summed E-state index contributed by atoms with van der Waals surface area (Å²) in [6.07, 6.45) is 0.974. The van der Waals surface area contributed by atoms with Gasteiger partial charge in [0.05, 0.1) is 16.0 Å². The maximum atomic E-state index is 11.9. The van der Waals surface area contributed by atoms with Crippen molar-refractivity contribution in [1.82, 2.24) is 10.2 Å². The molecule has 1 aliphatic rings. The van der Waals surface area contributed by atoms with E-state index < -0.39 is 0 Å². The Bertz CT molecular complexity index is 774. The number of amides is 1. The molecule has 0 aromatic heterocycles. The van der Waals surface area contributed by atoms with E-state index in [2.05, 4.69) is 29.3 Å². The Kier molecular flexibility index (Phi) is 7.00. The molecule has 0 spiro atoms. The number of hydrogen-bond acceptors (Lipinski definition) is 3. The molecule has 0 atom stereocenters. The first-order valence-corrected chi connectivity index (χ1v) is 9.96. The fourth-order valence-electron chi connectivity index (χ4n) is 3.00.